The number of pyridine rings is 1. The topological polar surface area (TPSA) is 103 Å². The fourth-order valence-electron chi connectivity index (χ4n) is 4.28. The van der Waals surface area contributed by atoms with Gasteiger partial charge in [-0.1, -0.05) is 17.7 Å². The molecule has 0 radical (unpaired) electrons. The van der Waals surface area contributed by atoms with Crippen molar-refractivity contribution in [3.8, 4) is 11.5 Å². The average molecular weight is 492 g/mol. The molecule has 0 saturated heterocycles. The van der Waals surface area contributed by atoms with Crippen LogP contribution in [0.15, 0.2) is 42.6 Å². The van der Waals surface area contributed by atoms with Gasteiger partial charge in [0.2, 0.25) is 17.7 Å². The Bertz CT molecular complexity index is 1350. The van der Waals surface area contributed by atoms with E-state index in [4.69, 9.17) is 22.1 Å². The molecular formula is C27H26ClN3O4. The zero-order valence-corrected chi connectivity index (χ0v) is 20.2. The second-order valence-electron chi connectivity index (χ2n) is 9.43. The number of hydrogen-bond donors (Lipinski definition) is 1. The maximum atomic E-state index is 13.0. The van der Waals surface area contributed by atoms with Gasteiger partial charge in [-0.25, -0.2) is 0 Å². The molecule has 180 valence electrons. The fourth-order valence-corrected chi connectivity index (χ4v) is 4.52. The molecule has 0 atom stereocenters. The van der Waals surface area contributed by atoms with Gasteiger partial charge in [-0.05, 0) is 80.0 Å². The first-order valence-corrected chi connectivity index (χ1v) is 12.2. The Morgan fingerprint density at radius 3 is 2.51 bits per heavy atom. The molecule has 2 aliphatic rings. The molecule has 2 N–H and O–H groups in total. The summed E-state index contributed by atoms with van der Waals surface area (Å²) in [5, 5.41) is 1.03. The predicted octanol–water partition coefficient (Wildman–Crippen LogP) is 4.95. The van der Waals surface area contributed by atoms with Gasteiger partial charge in [-0.3, -0.25) is 24.3 Å². The molecule has 5 rings (SSSR count). The zero-order valence-electron chi connectivity index (χ0n) is 19.4. The molecule has 0 spiro atoms. The molecule has 3 aromatic rings. The number of benzene rings is 2. The lowest BCUT2D eigenvalue weighted by Gasteiger charge is -2.21. The molecule has 2 aliphatic carbocycles. The van der Waals surface area contributed by atoms with Crippen molar-refractivity contribution in [3.63, 3.8) is 0 Å². The van der Waals surface area contributed by atoms with Crippen molar-refractivity contribution in [3.05, 3.63) is 64.3 Å². The third-order valence-electron chi connectivity index (χ3n) is 6.52. The number of rotatable bonds is 8. The maximum absolute atomic E-state index is 13.0. The average Bonchev–Trinajstić information content (AvgIpc) is 3.72. The standard InChI is InChI=1S/C27H26ClN3O4/c1-15-10-23-21(14-20(15)27(29)34)24(8-9-30-23)35-19-7-4-17(22(28)13-19)12-26(33)31(18-5-6-18)25(32)11-16-2-3-16/h4,7-10,13-14,16,18H,2-3,5-6,11-12H2,1H3,(H2,29,34). The summed E-state index contributed by atoms with van der Waals surface area (Å²) in [6, 6.07) is 10.3. The van der Waals surface area contributed by atoms with E-state index < -0.39 is 5.91 Å². The van der Waals surface area contributed by atoms with Crippen LogP contribution in [0.1, 0.15) is 53.6 Å². The predicted molar refractivity (Wildman–Crippen MR) is 132 cm³/mol. The van der Waals surface area contributed by atoms with Gasteiger partial charge >= 0.3 is 0 Å². The molecule has 0 aliphatic heterocycles. The van der Waals surface area contributed by atoms with Crippen LogP contribution in [-0.2, 0) is 16.0 Å². The number of ether oxygens (including phenoxy) is 1. The van der Waals surface area contributed by atoms with Crippen LogP contribution in [0.4, 0.5) is 0 Å². The second kappa shape index (κ2) is 9.30. The van der Waals surface area contributed by atoms with Gasteiger partial charge in [0.05, 0.1) is 11.9 Å². The smallest absolute Gasteiger partial charge is 0.248 e. The number of amides is 3. The SMILES string of the molecule is Cc1cc2nccc(Oc3ccc(CC(=O)N(C(=O)CC4CC4)C4CC4)c(Cl)c3)c2cc1C(N)=O. The normalized spacial score (nSPS) is 15.1. The number of hydrogen-bond acceptors (Lipinski definition) is 5. The number of carbonyl (C=O) groups is 3. The Hall–Kier alpha value is -3.45. The third kappa shape index (κ3) is 5.15. The molecule has 2 aromatic carbocycles. The number of imide groups is 1. The summed E-state index contributed by atoms with van der Waals surface area (Å²) in [5.74, 6) is 0.622. The van der Waals surface area contributed by atoms with E-state index in [1.54, 1.807) is 49.5 Å². The number of fused-ring (bicyclic) bond motifs is 1. The van der Waals surface area contributed by atoms with Crippen molar-refractivity contribution in [2.75, 3.05) is 0 Å². The lowest BCUT2D eigenvalue weighted by Crippen LogP contribution is -2.39. The molecule has 8 heteroatoms. The Morgan fingerprint density at radius 2 is 1.86 bits per heavy atom. The van der Waals surface area contributed by atoms with E-state index in [1.165, 1.54) is 4.90 Å². The number of carbonyl (C=O) groups excluding carboxylic acids is 3. The van der Waals surface area contributed by atoms with Gasteiger partial charge in [0.1, 0.15) is 11.5 Å². The van der Waals surface area contributed by atoms with Crippen LogP contribution < -0.4 is 10.5 Å². The Morgan fingerprint density at radius 1 is 1.09 bits per heavy atom. The number of nitrogens with two attached hydrogens (primary N) is 1. The van der Waals surface area contributed by atoms with Crippen molar-refractivity contribution in [2.24, 2.45) is 11.7 Å². The number of aromatic nitrogens is 1. The lowest BCUT2D eigenvalue weighted by molar-refractivity contribution is -0.145. The van der Waals surface area contributed by atoms with E-state index in [9.17, 15) is 14.4 Å². The van der Waals surface area contributed by atoms with Gasteiger partial charge in [-0.15, -0.1) is 0 Å². The van der Waals surface area contributed by atoms with Crippen molar-refractivity contribution >= 4 is 40.2 Å². The molecule has 3 amide bonds. The number of aryl methyl sites for hydroxylation is 1. The summed E-state index contributed by atoms with van der Waals surface area (Å²) in [4.78, 5) is 43.3. The van der Waals surface area contributed by atoms with Gasteiger partial charge < -0.3 is 10.5 Å². The van der Waals surface area contributed by atoms with Crippen LogP contribution in [-0.4, -0.2) is 33.6 Å². The minimum absolute atomic E-state index is 0.0315. The highest BCUT2D eigenvalue weighted by Crippen LogP contribution is 2.36. The van der Waals surface area contributed by atoms with Crippen molar-refractivity contribution in [1.29, 1.82) is 0 Å². The molecule has 0 bridgehead atoms. The molecular weight excluding hydrogens is 466 g/mol. The first kappa shape index (κ1) is 23.3. The first-order chi connectivity index (χ1) is 16.8. The lowest BCUT2D eigenvalue weighted by atomic mass is 10.0. The van der Waals surface area contributed by atoms with E-state index in [-0.39, 0.29) is 24.3 Å². The van der Waals surface area contributed by atoms with E-state index in [2.05, 4.69) is 4.98 Å². The Labute approximate surface area is 208 Å². The highest BCUT2D eigenvalue weighted by molar-refractivity contribution is 6.31. The van der Waals surface area contributed by atoms with Gasteiger partial charge in [0.15, 0.2) is 0 Å². The monoisotopic (exact) mass is 491 g/mol. The summed E-state index contributed by atoms with van der Waals surface area (Å²) in [5.41, 5.74) is 7.96. The summed E-state index contributed by atoms with van der Waals surface area (Å²) < 4.78 is 6.07. The highest BCUT2D eigenvalue weighted by Gasteiger charge is 2.39. The van der Waals surface area contributed by atoms with Crippen LogP contribution in [0, 0.1) is 12.8 Å². The molecule has 0 unspecified atom stereocenters. The van der Waals surface area contributed by atoms with E-state index in [1.807, 2.05) is 0 Å². The van der Waals surface area contributed by atoms with Crippen LogP contribution in [0.3, 0.4) is 0 Å². The van der Waals surface area contributed by atoms with Crippen LogP contribution >= 0.6 is 11.6 Å². The first-order valence-electron chi connectivity index (χ1n) is 11.8. The zero-order chi connectivity index (χ0) is 24.7. The summed E-state index contributed by atoms with van der Waals surface area (Å²) >= 11 is 6.51. The fraction of sp³-hybridized carbons (Fsp3) is 0.333. The van der Waals surface area contributed by atoms with Crippen LogP contribution in [0.25, 0.3) is 10.9 Å². The van der Waals surface area contributed by atoms with E-state index in [0.717, 1.165) is 31.2 Å². The maximum Gasteiger partial charge on any atom is 0.248 e. The number of primary amides is 1. The van der Waals surface area contributed by atoms with Crippen molar-refractivity contribution < 1.29 is 19.1 Å². The third-order valence-corrected chi connectivity index (χ3v) is 6.87. The molecule has 2 fully saturated rings. The Balaban J connectivity index is 1.34. The summed E-state index contributed by atoms with van der Waals surface area (Å²) in [6.07, 6.45) is 6.04. The highest BCUT2D eigenvalue weighted by atomic mass is 35.5. The number of halogens is 1. The van der Waals surface area contributed by atoms with Crippen molar-refractivity contribution in [2.45, 2.75) is 51.5 Å². The quantitative estimate of drug-likeness (QED) is 0.480. The number of nitrogens with zero attached hydrogens (tertiary/aromatic N) is 2. The molecule has 7 nitrogen and oxygen atoms in total. The molecule has 35 heavy (non-hydrogen) atoms. The van der Waals surface area contributed by atoms with Gasteiger partial charge in [-0.2, -0.15) is 0 Å². The molecule has 1 heterocycles. The van der Waals surface area contributed by atoms with E-state index in [0.29, 0.717) is 50.9 Å². The van der Waals surface area contributed by atoms with Crippen molar-refractivity contribution in [1.82, 2.24) is 9.88 Å². The minimum Gasteiger partial charge on any atom is -0.457 e. The van der Waals surface area contributed by atoms with Gasteiger partial charge in [0.25, 0.3) is 0 Å². The summed E-state index contributed by atoms with van der Waals surface area (Å²) in [7, 11) is 0. The largest absolute Gasteiger partial charge is 0.457 e. The summed E-state index contributed by atoms with van der Waals surface area (Å²) in [6.45, 7) is 1.80. The second-order valence-corrected chi connectivity index (χ2v) is 9.83. The van der Waals surface area contributed by atoms with E-state index >= 15 is 0 Å². The van der Waals surface area contributed by atoms with Crippen LogP contribution in [0.2, 0.25) is 5.02 Å². The van der Waals surface area contributed by atoms with Gasteiger partial charge in [0, 0.05) is 34.6 Å². The Kier molecular flexibility index (Phi) is 6.19. The van der Waals surface area contributed by atoms with Crippen LogP contribution in [0.5, 0.6) is 11.5 Å². The molecule has 1 aromatic heterocycles. The molecule has 2 saturated carbocycles. The minimum atomic E-state index is -0.521.